The molecule has 1 aromatic rings. The Morgan fingerprint density at radius 2 is 1.79 bits per heavy atom. The average Bonchev–Trinajstić information content (AvgIpc) is 2.71. The molecule has 1 fully saturated rings. The lowest BCUT2D eigenvalue weighted by atomic mass is 10.2. The second-order valence-corrected chi connectivity index (χ2v) is 8.45. The summed E-state index contributed by atoms with van der Waals surface area (Å²) in [4.78, 5) is 31.1. The summed E-state index contributed by atoms with van der Waals surface area (Å²) in [6.07, 6.45) is 1.16. The van der Waals surface area contributed by atoms with Gasteiger partial charge >= 0.3 is 5.97 Å². The molecule has 1 N–H and O–H groups in total. The van der Waals surface area contributed by atoms with Crippen molar-refractivity contribution < 1.29 is 27.6 Å². The number of rotatable bonds is 6. The van der Waals surface area contributed by atoms with Crippen LogP contribution >= 0.6 is 0 Å². The lowest BCUT2D eigenvalue weighted by molar-refractivity contribution is -0.155. The van der Waals surface area contributed by atoms with Crippen LogP contribution in [0.4, 0.5) is 0 Å². The molecule has 1 saturated heterocycles. The number of benzene rings is 1. The van der Waals surface area contributed by atoms with Crippen LogP contribution in [0.15, 0.2) is 24.3 Å². The van der Waals surface area contributed by atoms with Gasteiger partial charge < -0.3 is 9.57 Å². The van der Waals surface area contributed by atoms with Crippen LogP contribution in [0, 0.1) is 11.8 Å². The van der Waals surface area contributed by atoms with Gasteiger partial charge in [-0.2, -0.15) is 9.79 Å². The molecule has 1 atom stereocenters. The van der Waals surface area contributed by atoms with Crippen molar-refractivity contribution in [1.82, 2.24) is 14.7 Å². The highest BCUT2D eigenvalue weighted by Crippen LogP contribution is 2.13. The van der Waals surface area contributed by atoms with Crippen molar-refractivity contribution in [1.29, 1.82) is 0 Å². The van der Waals surface area contributed by atoms with Crippen molar-refractivity contribution in [3.63, 3.8) is 0 Å². The molecule has 158 valence electrons. The Balaban J connectivity index is 1.80. The zero-order chi connectivity index (χ0) is 21.4. The Kier molecular flexibility index (Phi) is 8.01. The predicted molar refractivity (Wildman–Crippen MR) is 106 cm³/mol. The minimum absolute atomic E-state index is 0.260. The first-order valence-corrected chi connectivity index (χ1v) is 10.9. The Hall–Kier alpha value is -2.61. The molecule has 0 radical (unpaired) electrons. The van der Waals surface area contributed by atoms with Gasteiger partial charge in [0.15, 0.2) is 0 Å². The second kappa shape index (κ2) is 10.2. The Morgan fingerprint density at radius 3 is 2.34 bits per heavy atom. The van der Waals surface area contributed by atoms with Crippen LogP contribution in [0.2, 0.25) is 0 Å². The maximum atomic E-state index is 12.2. The molecule has 1 aromatic carbocycles. The van der Waals surface area contributed by atoms with Gasteiger partial charge in [0, 0.05) is 31.7 Å². The fourth-order valence-electron chi connectivity index (χ4n) is 2.71. The summed E-state index contributed by atoms with van der Waals surface area (Å²) in [6, 6.07) is 5.72. The lowest BCUT2D eigenvalue weighted by Gasteiger charge is -2.35. The van der Waals surface area contributed by atoms with E-state index in [0.29, 0.717) is 37.5 Å². The molecular weight excluding hydrogens is 398 g/mol. The Bertz CT molecular complexity index is 881. The van der Waals surface area contributed by atoms with E-state index in [1.807, 2.05) is 4.90 Å². The van der Waals surface area contributed by atoms with Gasteiger partial charge in [0.1, 0.15) is 18.4 Å². The third-order valence-corrected chi connectivity index (χ3v) is 5.78. The van der Waals surface area contributed by atoms with Crippen molar-refractivity contribution in [2.24, 2.45) is 0 Å². The van der Waals surface area contributed by atoms with Crippen molar-refractivity contribution in [3.8, 4) is 17.6 Å². The molecule has 2 rings (SSSR count). The molecule has 0 bridgehead atoms. The molecular formula is C19H25N3O6S. The number of carbonyl (C=O) groups is 2. The number of hydrogen-bond acceptors (Lipinski definition) is 7. The molecule has 10 heteroatoms. The lowest BCUT2D eigenvalue weighted by Crippen LogP contribution is -2.53. The van der Waals surface area contributed by atoms with Crippen molar-refractivity contribution in [2.45, 2.75) is 19.9 Å². The monoisotopic (exact) mass is 423 g/mol. The summed E-state index contributed by atoms with van der Waals surface area (Å²) < 4.78 is 29.8. The average molecular weight is 423 g/mol. The molecule has 1 aliphatic rings. The van der Waals surface area contributed by atoms with Crippen molar-refractivity contribution in [3.05, 3.63) is 29.8 Å². The number of nitrogens with one attached hydrogen (secondary N) is 1. The van der Waals surface area contributed by atoms with Crippen LogP contribution in [0.3, 0.4) is 0 Å². The standard InChI is InChI=1S/C19H25N3O6S/c1-4-5-14-27-17-8-6-16(7-9-17)18(23)20-28-19(24)15(2)21-10-12-22(13-11-21)29(3,25)26/h6-9,15H,10-14H2,1-3H3,(H,20,23). The molecule has 0 saturated carbocycles. The largest absolute Gasteiger partial charge is 0.481 e. The maximum absolute atomic E-state index is 12.2. The molecule has 1 unspecified atom stereocenters. The molecule has 0 spiro atoms. The molecule has 1 aliphatic heterocycles. The number of amides is 1. The van der Waals surface area contributed by atoms with Gasteiger partial charge in [-0.25, -0.2) is 13.2 Å². The summed E-state index contributed by atoms with van der Waals surface area (Å²) in [6.45, 7) is 5.05. The van der Waals surface area contributed by atoms with Crippen LogP contribution in [0.1, 0.15) is 24.2 Å². The topological polar surface area (TPSA) is 105 Å². The van der Waals surface area contributed by atoms with E-state index in [2.05, 4.69) is 17.3 Å². The number of piperazine rings is 1. The van der Waals surface area contributed by atoms with E-state index in [0.717, 1.165) is 6.26 Å². The summed E-state index contributed by atoms with van der Waals surface area (Å²) >= 11 is 0. The first-order valence-electron chi connectivity index (χ1n) is 9.05. The fourth-order valence-corrected chi connectivity index (χ4v) is 3.53. The summed E-state index contributed by atoms with van der Waals surface area (Å²) in [5.74, 6) is 4.87. The molecule has 9 nitrogen and oxygen atoms in total. The highest BCUT2D eigenvalue weighted by molar-refractivity contribution is 7.88. The summed E-state index contributed by atoms with van der Waals surface area (Å²) in [7, 11) is -3.24. The third-order valence-electron chi connectivity index (χ3n) is 4.48. The van der Waals surface area contributed by atoms with E-state index in [1.54, 1.807) is 38.1 Å². The van der Waals surface area contributed by atoms with Gasteiger partial charge in [-0.15, -0.1) is 5.92 Å². The van der Waals surface area contributed by atoms with E-state index in [1.165, 1.54) is 4.31 Å². The molecule has 0 aromatic heterocycles. The zero-order valence-electron chi connectivity index (χ0n) is 16.7. The van der Waals surface area contributed by atoms with E-state index in [9.17, 15) is 18.0 Å². The first kappa shape index (κ1) is 22.7. The molecule has 29 heavy (non-hydrogen) atoms. The number of hydrogen-bond donors (Lipinski definition) is 1. The maximum Gasteiger partial charge on any atom is 0.348 e. The third kappa shape index (κ3) is 6.74. The Labute approximate surface area is 171 Å². The van der Waals surface area contributed by atoms with Gasteiger partial charge in [-0.3, -0.25) is 9.69 Å². The normalized spacial score (nSPS) is 16.2. The van der Waals surface area contributed by atoms with Gasteiger partial charge in [0.05, 0.1) is 6.26 Å². The van der Waals surface area contributed by atoms with Crippen LogP contribution in [0.5, 0.6) is 5.75 Å². The van der Waals surface area contributed by atoms with Gasteiger partial charge in [0.2, 0.25) is 10.0 Å². The van der Waals surface area contributed by atoms with Crippen LogP contribution in [0.25, 0.3) is 0 Å². The van der Waals surface area contributed by atoms with E-state index in [-0.39, 0.29) is 6.61 Å². The minimum Gasteiger partial charge on any atom is -0.481 e. The summed E-state index contributed by atoms with van der Waals surface area (Å²) in [5.41, 5.74) is 2.45. The first-order chi connectivity index (χ1) is 13.7. The molecule has 1 amide bonds. The fraction of sp³-hybridized carbons (Fsp3) is 0.474. The van der Waals surface area contributed by atoms with Gasteiger partial charge in [-0.05, 0) is 38.1 Å². The number of hydroxylamine groups is 1. The Morgan fingerprint density at radius 1 is 1.17 bits per heavy atom. The highest BCUT2D eigenvalue weighted by Gasteiger charge is 2.30. The quantitative estimate of drug-likeness (QED) is 0.516. The number of nitrogens with zero attached hydrogens (tertiary/aromatic N) is 2. The smallest absolute Gasteiger partial charge is 0.348 e. The van der Waals surface area contributed by atoms with Crippen LogP contribution in [-0.4, -0.2) is 74.6 Å². The summed E-state index contributed by atoms with van der Waals surface area (Å²) in [5, 5.41) is 0. The molecule has 1 heterocycles. The molecule has 0 aliphatic carbocycles. The van der Waals surface area contributed by atoms with Crippen LogP contribution < -0.4 is 10.2 Å². The number of carbonyl (C=O) groups excluding carboxylic acids is 2. The van der Waals surface area contributed by atoms with Gasteiger partial charge in [0.25, 0.3) is 5.91 Å². The SMILES string of the molecule is CC#CCOc1ccc(C(=O)NOC(=O)C(C)N2CCN(S(C)(=O)=O)CC2)cc1. The van der Waals surface area contributed by atoms with E-state index in [4.69, 9.17) is 9.57 Å². The van der Waals surface area contributed by atoms with E-state index < -0.39 is 27.9 Å². The minimum atomic E-state index is -3.24. The number of ether oxygens (including phenoxy) is 1. The van der Waals surface area contributed by atoms with E-state index >= 15 is 0 Å². The van der Waals surface area contributed by atoms with Crippen LogP contribution in [-0.2, 0) is 19.7 Å². The van der Waals surface area contributed by atoms with Crippen molar-refractivity contribution in [2.75, 3.05) is 39.0 Å². The predicted octanol–water partition coefficient (Wildman–Crippen LogP) is 0.242. The van der Waals surface area contributed by atoms with Crippen molar-refractivity contribution >= 4 is 21.9 Å². The zero-order valence-corrected chi connectivity index (χ0v) is 17.5. The number of sulfonamides is 1. The highest BCUT2D eigenvalue weighted by atomic mass is 32.2. The van der Waals surface area contributed by atoms with Gasteiger partial charge in [-0.1, -0.05) is 5.92 Å². The second-order valence-electron chi connectivity index (χ2n) is 6.47.